The molecular weight excluding hydrogens is 254 g/mol. The average Bonchev–Trinajstić information content (AvgIpc) is 2.26. The summed E-state index contributed by atoms with van der Waals surface area (Å²) in [5.74, 6) is -1.88. The average molecular weight is 262 g/mol. The van der Waals surface area contributed by atoms with E-state index < -0.39 is 46.6 Å². The van der Waals surface area contributed by atoms with Gasteiger partial charge in [-0.25, -0.2) is 13.8 Å². The Morgan fingerprint density at radius 1 is 1.67 bits per heavy atom. The van der Waals surface area contributed by atoms with E-state index in [4.69, 9.17) is 5.11 Å². The predicted molar refractivity (Wildman–Crippen MR) is 53.7 cm³/mol. The minimum atomic E-state index is -3.01. The van der Waals surface area contributed by atoms with E-state index in [1.165, 1.54) is 0 Å². The maximum atomic E-state index is 12.6. The van der Waals surface area contributed by atoms with Crippen molar-refractivity contribution >= 4 is 11.7 Å². The van der Waals surface area contributed by atoms with Gasteiger partial charge in [0.15, 0.2) is 0 Å². The topological polar surface area (TPSA) is 103 Å². The third-order valence-electron chi connectivity index (χ3n) is 2.02. The number of methoxy groups -OCH3 is 1. The van der Waals surface area contributed by atoms with Crippen molar-refractivity contribution in [3.8, 4) is 5.88 Å². The van der Waals surface area contributed by atoms with Crippen LogP contribution in [0.1, 0.15) is 17.7 Å². The summed E-state index contributed by atoms with van der Waals surface area (Å²) in [5, 5.41) is 19.2. The number of aromatic nitrogens is 1. The van der Waals surface area contributed by atoms with Crippen molar-refractivity contribution in [3.05, 3.63) is 27.4 Å². The van der Waals surface area contributed by atoms with E-state index in [2.05, 4.69) is 9.72 Å². The van der Waals surface area contributed by atoms with Crippen LogP contribution >= 0.6 is 0 Å². The molecule has 98 valence electrons. The number of hydrogen-bond donors (Lipinski definition) is 1. The minimum absolute atomic E-state index is 0.436. The number of alkyl halides is 2. The Morgan fingerprint density at radius 3 is 2.67 bits per heavy atom. The Bertz CT molecular complexity index is 492. The van der Waals surface area contributed by atoms with Crippen LogP contribution in [-0.2, 0) is 11.2 Å². The summed E-state index contributed by atoms with van der Waals surface area (Å²) >= 11 is 0. The highest BCUT2D eigenvalue weighted by molar-refractivity contribution is 5.71. The highest BCUT2D eigenvalue weighted by Crippen LogP contribution is 2.32. The van der Waals surface area contributed by atoms with E-state index in [0.29, 0.717) is 6.07 Å². The fourth-order valence-corrected chi connectivity index (χ4v) is 1.29. The minimum Gasteiger partial charge on any atom is -0.481 e. The summed E-state index contributed by atoms with van der Waals surface area (Å²) in [4.78, 5) is 23.7. The second-order valence-corrected chi connectivity index (χ2v) is 3.18. The van der Waals surface area contributed by atoms with Crippen molar-refractivity contribution < 1.29 is 28.3 Å². The van der Waals surface area contributed by atoms with Gasteiger partial charge in [-0.3, -0.25) is 14.9 Å². The van der Waals surface area contributed by atoms with Crippen molar-refractivity contribution in [2.45, 2.75) is 12.8 Å². The van der Waals surface area contributed by atoms with E-state index in [1.807, 2.05) is 0 Å². The van der Waals surface area contributed by atoms with Gasteiger partial charge < -0.3 is 9.84 Å². The zero-order valence-electron chi connectivity index (χ0n) is 9.09. The molecule has 18 heavy (non-hydrogen) atoms. The second-order valence-electron chi connectivity index (χ2n) is 3.18. The van der Waals surface area contributed by atoms with Crippen LogP contribution in [0.5, 0.6) is 5.88 Å². The monoisotopic (exact) mass is 262 g/mol. The highest BCUT2D eigenvalue weighted by Gasteiger charge is 2.26. The quantitative estimate of drug-likeness (QED) is 0.638. The Hall–Kier alpha value is -2.32. The molecule has 1 rings (SSSR count). The molecule has 0 aromatic carbocycles. The first kappa shape index (κ1) is 13.7. The molecule has 0 aliphatic carbocycles. The predicted octanol–water partition coefficient (Wildman–Crippen LogP) is 1.56. The van der Waals surface area contributed by atoms with Crippen molar-refractivity contribution in [2.75, 3.05) is 7.11 Å². The lowest BCUT2D eigenvalue weighted by atomic mass is 10.1. The largest absolute Gasteiger partial charge is 0.481 e. The van der Waals surface area contributed by atoms with Crippen LogP contribution in [0.2, 0.25) is 0 Å². The first-order valence-electron chi connectivity index (χ1n) is 4.59. The Morgan fingerprint density at radius 2 is 2.28 bits per heavy atom. The van der Waals surface area contributed by atoms with Gasteiger partial charge in [0.05, 0.1) is 24.0 Å². The maximum absolute atomic E-state index is 12.6. The van der Waals surface area contributed by atoms with Crippen molar-refractivity contribution in [1.29, 1.82) is 0 Å². The van der Waals surface area contributed by atoms with Gasteiger partial charge in [0.1, 0.15) is 5.69 Å². The van der Waals surface area contributed by atoms with Crippen LogP contribution in [0.4, 0.5) is 14.5 Å². The van der Waals surface area contributed by atoms with Crippen LogP contribution < -0.4 is 4.74 Å². The van der Waals surface area contributed by atoms with Crippen molar-refractivity contribution in [3.63, 3.8) is 0 Å². The third kappa shape index (κ3) is 2.87. The number of halogens is 2. The van der Waals surface area contributed by atoms with Gasteiger partial charge in [-0.2, -0.15) is 0 Å². The molecule has 0 atom stereocenters. The lowest BCUT2D eigenvalue weighted by Crippen LogP contribution is -2.09. The summed E-state index contributed by atoms with van der Waals surface area (Å²) in [6, 6.07) is 0.578. The number of carbonyl (C=O) groups is 1. The molecule has 1 N–H and O–H groups in total. The summed E-state index contributed by atoms with van der Waals surface area (Å²) in [7, 11) is 1.06. The Balaban J connectivity index is 3.41. The fraction of sp³-hybridized carbons (Fsp3) is 0.333. The molecule has 0 unspecified atom stereocenters. The maximum Gasteiger partial charge on any atom is 0.309 e. The molecule has 0 aliphatic rings. The van der Waals surface area contributed by atoms with Gasteiger partial charge in [-0.15, -0.1) is 0 Å². The lowest BCUT2D eigenvalue weighted by molar-refractivity contribution is -0.386. The summed E-state index contributed by atoms with van der Waals surface area (Å²) in [5.41, 5.74) is -1.96. The molecule has 0 fully saturated rings. The van der Waals surface area contributed by atoms with Gasteiger partial charge >= 0.3 is 5.97 Å². The normalized spacial score (nSPS) is 10.4. The number of carboxylic acid groups (broad SMARTS) is 1. The van der Waals surface area contributed by atoms with Gasteiger partial charge in [-0.05, 0) is 0 Å². The van der Waals surface area contributed by atoms with E-state index in [1.54, 1.807) is 0 Å². The first-order chi connectivity index (χ1) is 8.36. The first-order valence-corrected chi connectivity index (χ1v) is 4.59. The van der Waals surface area contributed by atoms with Gasteiger partial charge in [0, 0.05) is 6.07 Å². The molecule has 7 nitrogen and oxygen atoms in total. The van der Waals surface area contributed by atoms with Crippen LogP contribution in [0.15, 0.2) is 6.07 Å². The zero-order valence-corrected chi connectivity index (χ0v) is 9.09. The van der Waals surface area contributed by atoms with E-state index in [0.717, 1.165) is 7.11 Å². The van der Waals surface area contributed by atoms with E-state index in [9.17, 15) is 23.7 Å². The summed E-state index contributed by atoms with van der Waals surface area (Å²) < 4.78 is 29.7. The number of hydrogen-bond acceptors (Lipinski definition) is 5. The van der Waals surface area contributed by atoms with Crippen LogP contribution in [-0.4, -0.2) is 28.1 Å². The highest BCUT2D eigenvalue weighted by atomic mass is 19.3. The van der Waals surface area contributed by atoms with Crippen LogP contribution in [0.25, 0.3) is 0 Å². The van der Waals surface area contributed by atoms with Crippen LogP contribution in [0.3, 0.4) is 0 Å². The Kier molecular flexibility index (Phi) is 4.08. The van der Waals surface area contributed by atoms with Crippen LogP contribution in [0, 0.1) is 10.1 Å². The number of nitro groups is 1. The van der Waals surface area contributed by atoms with Gasteiger partial charge in [-0.1, -0.05) is 0 Å². The van der Waals surface area contributed by atoms with Crippen molar-refractivity contribution in [2.24, 2.45) is 0 Å². The fourth-order valence-electron chi connectivity index (χ4n) is 1.29. The smallest absolute Gasteiger partial charge is 0.309 e. The molecule has 0 radical (unpaired) electrons. The van der Waals surface area contributed by atoms with E-state index in [-0.39, 0.29) is 0 Å². The second kappa shape index (κ2) is 5.34. The summed E-state index contributed by atoms with van der Waals surface area (Å²) in [6.45, 7) is 0. The number of carboxylic acids is 1. The number of ether oxygens (including phenoxy) is 1. The molecule has 0 aliphatic heterocycles. The van der Waals surface area contributed by atoms with Gasteiger partial charge in [0.2, 0.25) is 5.88 Å². The molecule has 0 amide bonds. The molecule has 1 aromatic heterocycles. The SMILES string of the molecule is COc1nc(CC(=O)O)c([N+](=O)[O-])cc1C(F)F. The number of aliphatic carboxylic acids is 1. The molecular formula is C9H8F2N2O5. The molecule has 9 heteroatoms. The third-order valence-corrected chi connectivity index (χ3v) is 2.02. The zero-order chi connectivity index (χ0) is 13.9. The Labute approximate surface area is 99.2 Å². The number of nitrogens with zero attached hydrogens (tertiary/aromatic N) is 2. The molecule has 0 saturated heterocycles. The molecule has 1 heterocycles. The summed E-state index contributed by atoms with van der Waals surface area (Å²) in [6.07, 6.45) is -3.76. The van der Waals surface area contributed by atoms with Gasteiger partial charge in [0.25, 0.3) is 12.1 Å². The standard InChI is InChI=1S/C9H8F2N2O5/c1-18-9-4(8(10)11)2-6(13(16)17)5(12-9)3-7(14)15/h2,8H,3H2,1H3,(H,14,15). The molecule has 0 spiro atoms. The molecule has 0 saturated carbocycles. The lowest BCUT2D eigenvalue weighted by Gasteiger charge is -2.08. The molecule has 1 aromatic rings. The van der Waals surface area contributed by atoms with E-state index >= 15 is 0 Å². The number of pyridine rings is 1. The molecule has 0 bridgehead atoms. The van der Waals surface area contributed by atoms with Crippen molar-refractivity contribution in [1.82, 2.24) is 4.98 Å². The number of rotatable bonds is 5.